The number of carbonyl (C=O) groups excluding carboxylic acids is 2. The van der Waals surface area contributed by atoms with E-state index in [2.05, 4.69) is 0 Å². The summed E-state index contributed by atoms with van der Waals surface area (Å²) in [5.41, 5.74) is 8.50. The first kappa shape index (κ1) is 21.9. The Morgan fingerprint density at radius 2 is 1.71 bits per heavy atom. The predicted octanol–water partition coefficient (Wildman–Crippen LogP) is 3.32. The molecule has 160 valence electrons. The van der Waals surface area contributed by atoms with Crippen LogP contribution in [-0.4, -0.2) is 11.9 Å². The number of aryl methyl sites for hydroxylation is 1. The zero-order chi connectivity index (χ0) is 22.2. The van der Waals surface area contributed by atoms with Crippen LogP contribution in [-0.2, 0) is 11.4 Å². The molecule has 0 spiro atoms. The highest BCUT2D eigenvalue weighted by Gasteiger charge is 2.20. The van der Waals surface area contributed by atoms with Gasteiger partial charge in [-0.05, 0) is 48.6 Å². The quantitative estimate of drug-likeness (QED) is 0.544. The molecule has 0 bridgehead atoms. The van der Waals surface area contributed by atoms with E-state index >= 15 is 0 Å². The van der Waals surface area contributed by atoms with Gasteiger partial charge in [-0.15, -0.1) is 0 Å². The van der Waals surface area contributed by atoms with E-state index < -0.39 is 18.0 Å². The second-order valence-corrected chi connectivity index (χ2v) is 7.17. The van der Waals surface area contributed by atoms with E-state index in [0.29, 0.717) is 12.4 Å². The Hall–Kier alpha value is -3.80. The predicted molar refractivity (Wildman–Crippen MR) is 115 cm³/mol. The normalized spacial score (nSPS) is 11.5. The van der Waals surface area contributed by atoms with E-state index in [1.54, 1.807) is 18.2 Å². The van der Waals surface area contributed by atoms with Crippen molar-refractivity contribution in [3.63, 3.8) is 0 Å². The summed E-state index contributed by atoms with van der Waals surface area (Å²) in [6.45, 7) is 2.27. The summed E-state index contributed by atoms with van der Waals surface area (Å²) in [6.07, 6.45) is -0.600. The van der Waals surface area contributed by atoms with Crippen LogP contribution in [0.15, 0.2) is 72.8 Å². The summed E-state index contributed by atoms with van der Waals surface area (Å²) >= 11 is 0. The maximum absolute atomic E-state index is 12.0. The Morgan fingerprint density at radius 3 is 2.39 bits per heavy atom. The second-order valence-electron chi connectivity index (χ2n) is 7.17. The molecule has 6 heteroatoms. The van der Waals surface area contributed by atoms with E-state index in [4.69, 9.17) is 15.2 Å². The van der Waals surface area contributed by atoms with Crippen molar-refractivity contribution < 1.29 is 24.2 Å². The molecule has 3 rings (SSSR count). The molecule has 3 aromatic rings. The first-order chi connectivity index (χ1) is 14.9. The van der Waals surface area contributed by atoms with E-state index in [1.807, 2.05) is 61.5 Å². The minimum Gasteiger partial charge on any atom is -0.550 e. The third-order valence-corrected chi connectivity index (χ3v) is 4.88. The molecule has 31 heavy (non-hydrogen) atoms. The molecule has 0 aliphatic heterocycles. The van der Waals surface area contributed by atoms with Gasteiger partial charge in [0.1, 0.15) is 24.2 Å². The first-order valence-corrected chi connectivity index (χ1v) is 9.96. The molecule has 0 saturated carbocycles. The average molecular weight is 418 g/mol. The number of ether oxygens (including phenoxy) is 2. The third-order valence-electron chi connectivity index (χ3n) is 4.88. The van der Waals surface area contributed by atoms with Gasteiger partial charge in [0.15, 0.2) is 0 Å². The van der Waals surface area contributed by atoms with Crippen molar-refractivity contribution in [1.82, 2.24) is 0 Å². The number of benzene rings is 3. The number of carboxylic acids is 1. The van der Waals surface area contributed by atoms with Crippen LogP contribution in [0, 0.1) is 6.92 Å². The standard InChI is InChI=1S/C25H25NO5/c1-17-7-5-6-10-20(17)22(13-14-24(27)28)31-23-15-19(11-12-21(23)25(26)29)30-16-18-8-3-2-4-9-18/h2-12,15,22H,13-14,16H2,1H3,(H2,26,29)(H,27,28)/p-1. The maximum atomic E-state index is 12.0. The Labute approximate surface area is 181 Å². The molecule has 0 aliphatic rings. The summed E-state index contributed by atoms with van der Waals surface area (Å²) < 4.78 is 12.0. The van der Waals surface area contributed by atoms with Gasteiger partial charge in [0.05, 0.1) is 5.56 Å². The lowest BCUT2D eigenvalue weighted by atomic mass is 9.99. The molecule has 0 aromatic heterocycles. The highest BCUT2D eigenvalue weighted by Crippen LogP contribution is 2.33. The van der Waals surface area contributed by atoms with Crippen LogP contribution in [0.1, 0.15) is 46.0 Å². The van der Waals surface area contributed by atoms with Gasteiger partial charge in [-0.25, -0.2) is 0 Å². The first-order valence-electron chi connectivity index (χ1n) is 9.96. The summed E-state index contributed by atoms with van der Waals surface area (Å²) in [5, 5.41) is 11.1. The van der Waals surface area contributed by atoms with Gasteiger partial charge in [0.25, 0.3) is 5.91 Å². The van der Waals surface area contributed by atoms with Crippen LogP contribution in [0.25, 0.3) is 0 Å². The molecular weight excluding hydrogens is 394 g/mol. The van der Waals surface area contributed by atoms with Gasteiger partial charge in [-0.2, -0.15) is 0 Å². The van der Waals surface area contributed by atoms with Crippen LogP contribution in [0.4, 0.5) is 0 Å². The van der Waals surface area contributed by atoms with Crippen molar-refractivity contribution in [1.29, 1.82) is 0 Å². The van der Waals surface area contributed by atoms with Crippen LogP contribution in [0.2, 0.25) is 0 Å². The van der Waals surface area contributed by atoms with Crippen molar-refractivity contribution in [3.8, 4) is 11.5 Å². The zero-order valence-electron chi connectivity index (χ0n) is 17.2. The van der Waals surface area contributed by atoms with Gasteiger partial charge >= 0.3 is 0 Å². The number of carbonyl (C=O) groups is 2. The van der Waals surface area contributed by atoms with Gasteiger partial charge in [-0.1, -0.05) is 54.6 Å². The number of nitrogens with two attached hydrogens (primary N) is 1. The van der Waals surface area contributed by atoms with Crippen LogP contribution >= 0.6 is 0 Å². The molecule has 0 heterocycles. The molecule has 0 saturated heterocycles. The van der Waals surface area contributed by atoms with Crippen molar-refractivity contribution in [2.24, 2.45) is 5.73 Å². The van der Waals surface area contributed by atoms with Crippen molar-refractivity contribution >= 4 is 11.9 Å². The molecule has 0 fully saturated rings. The second kappa shape index (κ2) is 10.3. The fraction of sp³-hybridized carbons (Fsp3) is 0.200. The highest BCUT2D eigenvalue weighted by atomic mass is 16.5. The van der Waals surface area contributed by atoms with E-state index in [1.165, 1.54) is 0 Å². The van der Waals surface area contributed by atoms with Crippen molar-refractivity contribution in [3.05, 3.63) is 95.1 Å². The fourth-order valence-electron chi connectivity index (χ4n) is 3.26. The van der Waals surface area contributed by atoms with Gasteiger partial charge in [0, 0.05) is 12.0 Å². The van der Waals surface area contributed by atoms with Gasteiger partial charge < -0.3 is 25.1 Å². The maximum Gasteiger partial charge on any atom is 0.252 e. The Balaban J connectivity index is 1.88. The van der Waals surface area contributed by atoms with Gasteiger partial charge in [0.2, 0.25) is 0 Å². The minimum atomic E-state index is -1.17. The Kier molecular flexibility index (Phi) is 7.27. The third kappa shape index (κ3) is 6.09. The SMILES string of the molecule is Cc1ccccc1C(CCC(=O)[O-])Oc1cc(OCc2ccccc2)ccc1C(N)=O. The number of carboxylic acid groups (broad SMARTS) is 1. The lowest BCUT2D eigenvalue weighted by Crippen LogP contribution is -2.24. The Bertz CT molecular complexity index is 1050. The zero-order valence-corrected chi connectivity index (χ0v) is 17.2. The molecule has 0 aliphatic carbocycles. The average Bonchev–Trinajstić information content (AvgIpc) is 2.76. The van der Waals surface area contributed by atoms with E-state index in [9.17, 15) is 14.7 Å². The molecule has 0 radical (unpaired) electrons. The number of hydrogen-bond acceptors (Lipinski definition) is 5. The number of hydrogen-bond donors (Lipinski definition) is 1. The molecule has 1 unspecified atom stereocenters. The summed E-state index contributed by atoms with van der Waals surface area (Å²) in [7, 11) is 0. The highest BCUT2D eigenvalue weighted by molar-refractivity contribution is 5.95. The Morgan fingerprint density at radius 1 is 1.00 bits per heavy atom. The molecule has 2 N–H and O–H groups in total. The van der Waals surface area contributed by atoms with E-state index in [-0.39, 0.29) is 24.2 Å². The van der Waals surface area contributed by atoms with Gasteiger partial charge in [-0.3, -0.25) is 4.79 Å². The van der Waals surface area contributed by atoms with Crippen LogP contribution in [0.3, 0.4) is 0 Å². The molecule has 6 nitrogen and oxygen atoms in total. The van der Waals surface area contributed by atoms with Crippen molar-refractivity contribution in [2.75, 3.05) is 0 Å². The summed E-state index contributed by atoms with van der Waals surface area (Å²) in [5.74, 6) is -1.07. The number of aliphatic carboxylic acids is 1. The number of primary amides is 1. The molecule has 1 amide bonds. The summed E-state index contributed by atoms with van der Waals surface area (Å²) in [4.78, 5) is 23.0. The largest absolute Gasteiger partial charge is 0.550 e. The smallest absolute Gasteiger partial charge is 0.252 e. The molecule has 1 atom stereocenters. The fourth-order valence-corrected chi connectivity index (χ4v) is 3.26. The topological polar surface area (TPSA) is 102 Å². The van der Waals surface area contributed by atoms with Crippen LogP contribution < -0.4 is 20.3 Å². The summed E-state index contributed by atoms with van der Waals surface area (Å²) in [6, 6.07) is 22.0. The lowest BCUT2D eigenvalue weighted by molar-refractivity contribution is -0.306. The lowest BCUT2D eigenvalue weighted by Gasteiger charge is -2.23. The van der Waals surface area contributed by atoms with Crippen molar-refractivity contribution in [2.45, 2.75) is 32.5 Å². The number of rotatable bonds is 10. The van der Waals surface area contributed by atoms with E-state index in [0.717, 1.165) is 16.7 Å². The molecular formula is C25H24NO5-. The minimum absolute atomic E-state index is 0.181. The molecule has 3 aromatic carbocycles. The van der Waals surface area contributed by atoms with Crippen LogP contribution in [0.5, 0.6) is 11.5 Å². The monoisotopic (exact) mass is 418 g/mol. The number of amides is 1.